The van der Waals surface area contributed by atoms with E-state index in [-0.39, 0.29) is 0 Å². The number of aliphatic imine (C=N–C) groups is 1. The van der Waals surface area contributed by atoms with Crippen LogP contribution in [0.15, 0.2) is 77.9 Å². The van der Waals surface area contributed by atoms with Crippen LogP contribution in [0.1, 0.15) is 11.1 Å². The maximum atomic E-state index is 4.72. The van der Waals surface area contributed by atoms with E-state index in [9.17, 15) is 0 Å². The molecule has 0 spiro atoms. The second-order valence-corrected chi connectivity index (χ2v) is 5.38. The van der Waals surface area contributed by atoms with Crippen LogP contribution >= 0.6 is 0 Å². The first-order chi connectivity index (χ1) is 11.3. The van der Waals surface area contributed by atoms with Crippen LogP contribution in [0.4, 0.5) is 17.2 Å². The van der Waals surface area contributed by atoms with Crippen LogP contribution < -0.4 is 4.90 Å². The first-order valence-electron chi connectivity index (χ1n) is 7.61. The maximum absolute atomic E-state index is 4.72. The largest absolute Gasteiger partial charge is 0.285 e. The zero-order chi connectivity index (χ0) is 16.1. The highest BCUT2D eigenvalue weighted by Gasteiger charge is 2.08. The number of benzene rings is 2. The van der Waals surface area contributed by atoms with Crippen molar-refractivity contribution in [1.29, 1.82) is 0 Å². The van der Waals surface area contributed by atoms with Gasteiger partial charge in [-0.2, -0.15) is 0 Å². The van der Waals surface area contributed by atoms with Gasteiger partial charge in [-0.25, -0.2) is 9.98 Å². The number of pyridine rings is 1. The van der Waals surface area contributed by atoms with Gasteiger partial charge in [0.05, 0.1) is 5.69 Å². The molecule has 0 unspecified atom stereocenters. The van der Waals surface area contributed by atoms with Crippen molar-refractivity contribution >= 4 is 23.5 Å². The molecule has 0 saturated carbocycles. The van der Waals surface area contributed by atoms with E-state index in [0.717, 1.165) is 28.3 Å². The first kappa shape index (κ1) is 15.0. The normalized spacial score (nSPS) is 10.9. The molecule has 3 aromatic rings. The highest BCUT2D eigenvalue weighted by atomic mass is 15.2. The number of nitrogens with zero attached hydrogens (tertiary/aromatic N) is 3. The van der Waals surface area contributed by atoms with E-state index >= 15 is 0 Å². The Morgan fingerprint density at radius 1 is 0.826 bits per heavy atom. The molecular weight excluding hydrogens is 282 g/mol. The monoisotopic (exact) mass is 301 g/mol. The molecule has 1 heterocycles. The van der Waals surface area contributed by atoms with Gasteiger partial charge in [0, 0.05) is 11.9 Å². The number of aromatic nitrogens is 1. The molecule has 0 radical (unpaired) electrons. The lowest BCUT2D eigenvalue weighted by Gasteiger charge is -2.18. The Hall–Kier alpha value is -2.94. The Bertz CT molecular complexity index is 736. The summed E-state index contributed by atoms with van der Waals surface area (Å²) in [6.45, 7) is 4.15. The predicted molar refractivity (Wildman–Crippen MR) is 96.9 cm³/mol. The van der Waals surface area contributed by atoms with Crippen molar-refractivity contribution in [2.24, 2.45) is 4.99 Å². The molecule has 0 aliphatic heterocycles. The van der Waals surface area contributed by atoms with Gasteiger partial charge in [0.2, 0.25) is 0 Å². The summed E-state index contributed by atoms with van der Waals surface area (Å²) >= 11 is 0. The average molecular weight is 301 g/mol. The zero-order valence-electron chi connectivity index (χ0n) is 13.3. The molecule has 3 nitrogen and oxygen atoms in total. The molecule has 0 aliphatic rings. The van der Waals surface area contributed by atoms with Gasteiger partial charge in [0.1, 0.15) is 12.2 Å². The summed E-state index contributed by atoms with van der Waals surface area (Å²) < 4.78 is 0. The average Bonchev–Trinajstić information content (AvgIpc) is 2.59. The molecule has 0 amide bonds. The molecule has 0 aliphatic carbocycles. The Balaban J connectivity index is 2.02. The standard InChI is InChI=1S/C20H19N3/c1-16-9-8-10-17(2)20(16)22-15-23(18-11-4-3-5-12-18)19-13-6-7-14-21-19/h3-15H,1-2H3. The zero-order valence-corrected chi connectivity index (χ0v) is 13.3. The summed E-state index contributed by atoms with van der Waals surface area (Å²) in [4.78, 5) is 11.2. The molecule has 23 heavy (non-hydrogen) atoms. The smallest absolute Gasteiger partial charge is 0.138 e. The van der Waals surface area contributed by atoms with Crippen molar-refractivity contribution in [3.8, 4) is 0 Å². The van der Waals surface area contributed by atoms with Gasteiger partial charge in [0.25, 0.3) is 0 Å². The van der Waals surface area contributed by atoms with Crippen molar-refractivity contribution in [2.75, 3.05) is 4.90 Å². The van der Waals surface area contributed by atoms with Crippen LogP contribution in [0.3, 0.4) is 0 Å². The summed E-state index contributed by atoms with van der Waals surface area (Å²) in [6, 6.07) is 22.2. The van der Waals surface area contributed by atoms with E-state index in [4.69, 9.17) is 4.99 Å². The molecule has 2 aromatic carbocycles. The number of anilines is 2. The lowest BCUT2D eigenvalue weighted by atomic mass is 10.1. The van der Waals surface area contributed by atoms with Gasteiger partial charge < -0.3 is 0 Å². The predicted octanol–water partition coefficient (Wildman–Crippen LogP) is 5.20. The third-order valence-corrected chi connectivity index (χ3v) is 3.67. The number of para-hydroxylation sites is 2. The minimum absolute atomic E-state index is 0.841. The number of aryl methyl sites for hydroxylation is 2. The molecule has 0 fully saturated rings. The van der Waals surface area contributed by atoms with Gasteiger partial charge in [-0.15, -0.1) is 0 Å². The minimum Gasteiger partial charge on any atom is -0.285 e. The van der Waals surface area contributed by atoms with Crippen molar-refractivity contribution in [3.63, 3.8) is 0 Å². The SMILES string of the molecule is Cc1cccc(C)c1N=CN(c1ccccc1)c1ccccn1. The Morgan fingerprint density at radius 3 is 2.17 bits per heavy atom. The molecule has 0 saturated heterocycles. The van der Waals surface area contributed by atoms with E-state index < -0.39 is 0 Å². The van der Waals surface area contributed by atoms with Crippen molar-refractivity contribution in [1.82, 2.24) is 4.98 Å². The molecule has 3 rings (SSSR count). The molecule has 0 bridgehead atoms. The van der Waals surface area contributed by atoms with Crippen LogP contribution in [-0.2, 0) is 0 Å². The van der Waals surface area contributed by atoms with Gasteiger partial charge in [-0.05, 0) is 49.2 Å². The van der Waals surface area contributed by atoms with E-state index in [0.29, 0.717) is 0 Å². The summed E-state index contributed by atoms with van der Waals surface area (Å²) in [5, 5.41) is 0. The summed E-state index contributed by atoms with van der Waals surface area (Å²) in [5.41, 5.74) is 4.36. The van der Waals surface area contributed by atoms with Gasteiger partial charge in [0.15, 0.2) is 0 Å². The molecule has 1 aromatic heterocycles. The summed E-state index contributed by atoms with van der Waals surface area (Å²) in [6.07, 6.45) is 3.63. The lowest BCUT2D eigenvalue weighted by molar-refractivity contribution is 1.22. The van der Waals surface area contributed by atoms with Gasteiger partial charge >= 0.3 is 0 Å². The van der Waals surface area contributed by atoms with Crippen LogP contribution in [0.2, 0.25) is 0 Å². The highest BCUT2D eigenvalue weighted by Crippen LogP contribution is 2.25. The number of rotatable bonds is 4. The summed E-state index contributed by atoms with van der Waals surface area (Å²) in [5.74, 6) is 0.841. The fourth-order valence-electron chi connectivity index (χ4n) is 2.47. The molecular formula is C20H19N3. The Morgan fingerprint density at radius 2 is 1.52 bits per heavy atom. The summed E-state index contributed by atoms with van der Waals surface area (Å²) in [7, 11) is 0. The van der Waals surface area contributed by atoms with Crippen LogP contribution in [-0.4, -0.2) is 11.3 Å². The Kier molecular flexibility index (Phi) is 4.48. The third-order valence-electron chi connectivity index (χ3n) is 3.67. The fraction of sp³-hybridized carbons (Fsp3) is 0.100. The number of hydrogen-bond acceptors (Lipinski definition) is 2. The first-order valence-corrected chi connectivity index (χ1v) is 7.61. The lowest BCUT2D eigenvalue weighted by Crippen LogP contribution is -2.15. The van der Waals surface area contributed by atoms with E-state index in [1.54, 1.807) is 6.20 Å². The van der Waals surface area contributed by atoms with Crippen LogP contribution in [0, 0.1) is 13.8 Å². The van der Waals surface area contributed by atoms with Crippen molar-refractivity contribution in [2.45, 2.75) is 13.8 Å². The third kappa shape index (κ3) is 3.46. The Labute approximate surface area is 137 Å². The topological polar surface area (TPSA) is 28.5 Å². The molecule has 0 atom stereocenters. The van der Waals surface area contributed by atoms with E-state index in [1.807, 2.05) is 59.8 Å². The fourth-order valence-corrected chi connectivity index (χ4v) is 2.47. The van der Waals surface area contributed by atoms with Crippen LogP contribution in [0.25, 0.3) is 0 Å². The molecule has 114 valence electrons. The second-order valence-electron chi connectivity index (χ2n) is 5.38. The minimum atomic E-state index is 0.841. The maximum Gasteiger partial charge on any atom is 0.138 e. The van der Waals surface area contributed by atoms with Gasteiger partial charge in [-0.3, -0.25) is 4.90 Å². The quantitative estimate of drug-likeness (QED) is 0.489. The van der Waals surface area contributed by atoms with Crippen LogP contribution in [0.5, 0.6) is 0 Å². The second kappa shape index (κ2) is 6.88. The van der Waals surface area contributed by atoms with Gasteiger partial charge in [-0.1, -0.05) is 42.5 Å². The van der Waals surface area contributed by atoms with Crippen molar-refractivity contribution < 1.29 is 0 Å². The van der Waals surface area contributed by atoms with E-state index in [1.165, 1.54) is 0 Å². The number of hydrogen-bond donors (Lipinski definition) is 0. The highest BCUT2D eigenvalue weighted by molar-refractivity contribution is 5.89. The van der Waals surface area contributed by atoms with E-state index in [2.05, 4.69) is 37.0 Å². The van der Waals surface area contributed by atoms with Crippen molar-refractivity contribution in [3.05, 3.63) is 84.1 Å². The molecule has 0 N–H and O–H groups in total. The molecule has 3 heteroatoms.